The molecule has 1 saturated heterocycles. The number of ketones is 1. The number of hydrogen-bond donors (Lipinski definition) is 7. The van der Waals surface area contributed by atoms with Gasteiger partial charge in [0.25, 0.3) is 5.78 Å². The summed E-state index contributed by atoms with van der Waals surface area (Å²) in [5.74, 6) is -3.37. The van der Waals surface area contributed by atoms with E-state index in [4.69, 9.17) is 24.8 Å². The van der Waals surface area contributed by atoms with Gasteiger partial charge in [0, 0.05) is 7.11 Å². The molecule has 25 heavy (non-hydrogen) atoms. The number of esters is 1. The van der Waals surface area contributed by atoms with Crippen LogP contribution in [0.2, 0.25) is 0 Å². The molecule has 0 saturated carbocycles. The van der Waals surface area contributed by atoms with E-state index in [1.165, 1.54) is 0 Å². The summed E-state index contributed by atoms with van der Waals surface area (Å²) in [4.78, 5) is 23.5. The van der Waals surface area contributed by atoms with Crippen LogP contribution in [0.5, 0.6) is 0 Å². The molecule has 146 valence electrons. The summed E-state index contributed by atoms with van der Waals surface area (Å²) >= 11 is 0. The Bertz CT molecular complexity index is 454. The summed E-state index contributed by atoms with van der Waals surface area (Å²) in [5.41, 5.74) is 0. The third kappa shape index (κ3) is 4.91. The van der Waals surface area contributed by atoms with E-state index in [1.54, 1.807) is 0 Å². The minimum atomic E-state index is -2.40. The van der Waals surface area contributed by atoms with Crippen molar-refractivity contribution in [1.82, 2.24) is 0 Å². The molecule has 0 aromatic heterocycles. The van der Waals surface area contributed by atoms with E-state index in [2.05, 4.69) is 4.74 Å². The normalized spacial score (nSPS) is 33.4. The number of carbonyl (C=O) groups is 2. The zero-order valence-corrected chi connectivity index (χ0v) is 13.2. The van der Waals surface area contributed by atoms with Gasteiger partial charge < -0.3 is 50.0 Å². The lowest BCUT2D eigenvalue weighted by atomic mass is 9.99. The maximum atomic E-state index is 11.8. The van der Waals surface area contributed by atoms with Crippen molar-refractivity contribution in [2.45, 2.75) is 49.0 Å². The van der Waals surface area contributed by atoms with Gasteiger partial charge in [-0.1, -0.05) is 0 Å². The molecule has 0 aliphatic carbocycles. The van der Waals surface area contributed by atoms with Crippen LogP contribution >= 0.6 is 0 Å². The van der Waals surface area contributed by atoms with Crippen molar-refractivity contribution in [1.29, 1.82) is 0 Å². The van der Waals surface area contributed by atoms with Crippen LogP contribution in [0.25, 0.3) is 0 Å². The van der Waals surface area contributed by atoms with Crippen LogP contribution in [0.4, 0.5) is 0 Å². The number of aliphatic hydroxyl groups is 7. The molecule has 12 nitrogen and oxygen atoms in total. The number of hydrogen-bond acceptors (Lipinski definition) is 12. The van der Waals surface area contributed by atoms with Crippen molar-refractivity contribution < 1.29 is 59.5 Å². The number of rotatable bonds is 8. The molecule has 0 radical (unpaired) electrons. The molecular formula is C13H22O12. The van der Waals surface area contributed by atoms with Gasteiger partial charge in [0.2, 0.25) is 0 Å². The van der Waals surface area contributed by atoms with Crippen LogP contribution in [0, 0.1) is 0 Å². The second-order valence-corrected chi connectivity index (χ2v) is 5.36. The molecule has 0 bridgehead atoms. The molecule has 0 amide bonds. The van der Waals surface area contributed by atoms with Crippen LogP contribution in [0.15, 0.2) is 0 Å². The van der Waals surface area contributed by atoms with Gasteiger partial charge in [-0.15, -0.1) is 0 Å². The molecule has 1 aliphatic heterocycles. The first kappa shape index (κ1) is 21.8. The number of Topliss-reactive ketones (excluding diaryl/α,β-unsaturated/α-hetero) is 1. The highest BCUT2D eigenvalue weighted by Gasteiger charge is 2.48. The minimum Gasteiger partial charge on any atom is -0.448 e. The number of ether oxygens (including phenoxy) is 3. The van der Waals surface area contributed by atoms with Crippen molar-refractivity contribution in [3.05, 3.63) is 0 Å². The average molecular weight is 370 g/mol. The zero-order valence-electron chi connectivity index (χ0n) is 13.2. The summed E-state index contributed by atoms with van der Waals surface area (Å²) in [5, 5.41) is 65.5. The van der Waals surface area contributed by atoms with Gasteiger partial charge in [-0.3, -0.25) is 4.79 Å². The van der Waals surface area contributed by atoms with Crippen LogP contribution in [-0.2, 0) is 23.8 Å². The summed E-state index contributed by atoms with van der Waals surface area (Å²) in [6.07, 6.45) is -14.2. The van der Waals surface area contributed by atoms with Gasteiger partial charge in [0.15, 0.2) is 18.5 Å². The minimum absolute atomic E-state index is 0.665. The van der Waals surface area contributed by atoms with Crippen molar-refractivity contribution in [2.24, 2.45) is 0 Å². The molecule has 7 N–H and O–H groups in total. The van der Waals surface area contributed by atoms with E-state index < -0.39 is 74.0 Å². The average Bonchev–Trinajstić information content (AvgIpc) is 2.62. The Morgan fingerprint density at radius 1 is 1.12 bits per heavy atom. The molecule has 0 aromatic rings. The van der Waals surface area contributed by atoms with Crippen molar-refractivity contribution >= 4 is 11.8 Å². The highest BCUT2D eigenvalue weighted by atomic mass is 16.7. The van der Waals surface area contributed by atoms with Crippen LogP contribution in [0.3, 0.4) is 0 Å². The van der Waals surface area contributed by atoms with Crippen LogP contribution in [-0.4, -0.2) is 117 Å². The van der Waals surface area contributed by atoms with Gasteiger partial charge in [0.05, 0.1) is 13.2 Å². The quantitative estimate of drug-likeness (QED) is 0.158. The first-order chi connectivity index (χ1) is 11.7. The largest absolute Gasteiger partial charge is 0.448 e. The summed E-state index contributed by atoms with van der Waals surface area (Å²) < 4.78 is 14.6. The standard InChI is InChI=1S/C13H22O12/c1-23-13-11(9(20)7(18)5(3-15)24-13)25-12(22)10(21)8(19)6(17)4(16)2-14/h4-9,11,13-20H,2-3H2,1H3/t4-,5-,6+,7-,8-,9+,11-,13+/m1/s1. The number of carbonyl (C=O) groups excluding carboxylic acids is 2. The van der Waals surface area contributed by atoms with E-state index in [0.29, 0.717) is 0 Å². The second kappa shape index (κ2) is 9.47. The van der Waals surface area contributed by atoms with Gasteiger partial charge >= 0.3 is 5.97 Å². The fourth-order valence-corrected chi connectivity index (χ4v) is 2.15. The third-order valence-corrected chi connectivity index (χ3v) is 3.67. The van der Waals surface area contributed by atoms with E-state index >= 15 is 0 Å². The van der Waals surface area contributed by atoms with Gasteiger partial charge in [0.1, 0.15) is 30.5 Å². The Labute approximate surface area is 141 Å². The molecule has 12 heteroatoms. The topological polar surface area (TPSA) is 203 Å². The predicted molar refractivity (Wildman–Crippen MR) is 74.8 cm³/mol. The second-order valence-electron chi connectivity index (χ2n) is 5.36. The van der Waals surface area contributed by atoms with Gasteiger partial charge in [-0.25, -0.2) is 4.79 Å². The highest BCUT2D eigenvalue weighted by Crippen LogP contribution is 2.24. The number of aliphatic hydroxyl groups excluding tert-OH is 7. The van der Waals surface area contributed by atoms with Crippen molar-refractivity contribution in [2.75, 3.05) is 20.3 Å². The van der Waals surface area contributed by atoms with E-state index in [1.807, 2.05) is 0 Å². The first-order valence-corrected chi connectivity index (χ1v) is 7.24. The fraction of sp³-hybridized carbons (Fsp3) is 0.846. The first-order valence-electron chi connectivity index (χ1n) is 7.24. The Balaban J connectivity index is 2.81. The molecule has 8 atom stereocenters. The smallest absolute Gasteiger partial charge is 0.378 e. The Morgan fingerprint density at radius 3 is 2.20 bits per heavy atom. The van der Waals surface area contributed by atoms with Crippen LogP contribution < -0.4 is 0 Å². The lowest BCUT2D eigenvalue weighted by molar-refractivity contribution is -0.297. The summed E-state index contributed by atoms with van der Waals surface area (Å²) in [6.45, 7) is -1.64. The Morgan fingerprint density at radius 2 is 1.72 bits per heavy atom. The SMILES string of the molecule is CO[C@H]1O[C@H](CO)[C@@H](O)[C@H](O)[C@H]1OC(=O)C(=O)[C@H](O)[C@@H](O)[C@H](O)CO. The van der Waals surface area contributed by atoms with Crippen molar-refractivity contribution in [3.8, 4) is 0 Å². The molecule has 0 unspecified atom stereocenters. The molecular weight excluding hydrogens is 348 g/mol. The van der Waals surface area contributed by atoms with E-state index in [-0.39, 0.29) is 0 Å². The Kier molecular flexibility index (Phi) is 8.27. The number of methoxy groups -OCH3 is 1. The third-order valence-electron chi connectivity index (χ3n) is 3.67. The molecule has 1 fully saturated rings. The molecule has 0 aromatic carbocycles. The van der Waals surface area contributed by atoms with E-state index in [9.17, 15) is 30.0 Å². The van der Waals surface area contributed by atoms with Gasteiger partial charge in [-0.2, -0.15) is 0 Å². The Hall–Kier alpha value is -1.22. The van der Waals surface area contributed by atoms with Crippen molar-refractivity contribution in [3.63, 3.8) is 0 Å². The molecule has 0 spiro atoms. The summed E-state index contributed by atoms with van der Waals surface area (Å²) in [7, 11) is 1.11. The zero-order chi connectivity index (χ0) is 19.3. The lowest BCUT2D eigenvalue weighted by Crippen LogP contribution is -2.61. The highest BCUT2D eigenvalue weighted by molar-refractivity contribution is 6.35. The fourth-order valence-electron chi connectivity index (χ4n) is 2.15. The molecule has 1 rings (SSSR count). The lowest BCUT2D eigenvalue weighted by Gasteiger charge is -2.40. The van der Waals surface area contributed by atoms with Crippen LogP contribution in [0.1, 0.15) is 0 Å². The van der Waals surface area contributed by atoms with E-state index in [0.717, 1.165) is 7.11 Å². The van der Waals surface area contributed by atoms with Gasteiger partial charge in [-0.05, 0) is 0 Å². The maximum absolute atomic E-state index is 11.8. The predicted octanol–water partition coefficient (Wildman–Crippen LogP) is -5.37. The monoisotopic (exact) mass is 370 g/mol. The molecule has 1 aliphatic rings. The maximum Gasteiger partial charge on any atom is 0.378 e. The molecule has 1 heterocycles. The summed E-state index contributed by atoms with van der Waals surface area (Å²) in [6, 6.07) is 0.